The van der Waals surface area contributed by atoms with Gasteiger partial charge in [-0.2, -0.15) is 35.1 Å². The van der Waals surface area contributed by atoms with Crippen molar-refractivity contribution in [1.29, 1.82) is 0 Å². The van der Waals surface area contributed by atoms with Crippen molar-refractivity contribution in [2.75, 3.05) is 4.43 Å². The SMILES string of the molecule is C=CC(F)(F)C(F)(F)C(F)(F)C(F)(F)CCI. The van der Waals surface area contributed by atoms with Crippen LogP contribution in [0.4, 0.5) is 35.1 Å². The van der Waals surface area contributed by atoms with E-state index in [0.29, 0.717) is 0 Å². The van der Waals surface area contributed by atoms with Gasteiger partial charge in [0.15, 0.2) is 0 Å². The van der Waals surface area contributed by atoms with Gasteiger partial charge in [-0.3, -0.25) is 0 Å². The van der Waals surface area contributed by atoms with Crippen LogP contribution in [0.1, 0.15) is 6.42 Å². The topological polar surface area (TPSA) is 0 Å². The van der Waals surface area contributed by atoms with Gasteiger partial charge in [0.1, 0.15) is 0 Å². The van der Waals surface area contributed by atoms with E-state index in [-0.39, 0.29) is 0 Å². The maximum absolute atomic E-state index is 12.8. The van der Waals surface area contributed by atoms with Crippen LogP contribution in [0.3, 0.4) is 0 Å². The number of hydrogen-bond acceptors (Lipinski definition) is 0. The second kappa shape index (κ2) is 4.88. The Balaban J connectivity index is 5.51. The van der Waals surface area contributed by atoms with Gasteiger partial charge in [0.05, 0.1) is 0 Å². The maximum atomic E-state index is 12.8. The van der Waals surface area contributed by atoms with Crippen LogP contribution in [0.25, 0.3) is 0 Å². The van der Waals surface area contributed by atoms with Crippen molar-refractivity contribution < 1.29 is 35.1 Å². The molecule has 0 atom stereocenters. The Bertz CT molecular complexity index is 285. The number of hydrogen-bond donors (Lipinski definition) is 0. The van der Waals surface area contributed by atoms with Gasteiger partial charge in [0.2, 0.25) is 0 Å². The zero-order valence-electron chi connectivity index (χ0n) is 8.10. The predicted molar refractivity (Wildman–Crippen MR) is 53.5 cm³/mol. The molecule has 0 bridgehead atoms. The van der Waals surface area contributed by atoms with Crippen molar-refractivity contribution in [2.24, 2.45) is 0 Å². The molecule has 0 N–H and O–H groups in total. The van der Waals surface area contributed by atoms with E-state index in [1.807, 2.05) is 0 Å². The molecule has 0 nitrogen and oxygen atoms in total. The lowest BCUT2D eigenvalue weighted by atomic mass is 9.97. The summed E-state index contributed by atoms with van der Waals surface area (Å²) in [6.45, 7) is 2.23. The fourth-order valence-corrected chi connectivity index (χ4v) is 1.52. The van der Waals surface area contributed by atoms with Gasteiger partial charge in [0, 0.05) is 10.8 Å². The van der Waals surface area contributed by atoms with Crippen LogP contribution in [0.5, 0.6) is 0 Å². The van der Waals surface area contributed by atoms with E-state index >= 15 is 0 Å². The fourth-order valence-electron chi connectivity index (χ4n) is 0.843. The van der Waals surface area contributed by atoms with Crippen molar-refractivity contribution in [1.82, 2.24) is 0 Å². The van der Waals surface area contributed by atoms with E-state index in [1.54, 1.807) is 0 Å². The summed E-state index contributed by atoms with van der Waals surface area (Å²) in [5.41, 5.74) is 0. The van der Waals surface area contributed by atoms with Crippen molar-refractivity contribution >= 4 is 22.6 Å². The third kappa shape index (κ3) is 2.68. The first-order valence-corrected chi connectivity index (χ1v) is 5.61. The van der Waals surface area contributed by atoms with Crippen LogP contribution in [-0.4, -0.2) is 28.1 Å². The lowest BCUT2D eigenvalue weighted by molar-refractivity contribution is -0.355. The maximum Gasteiger partial charge on any atom is 0.381 e. The molecular weight excluding hydrogens is 375 g/mol. The van der Waals surface area contributed by atoms with Crippen LogP contribution < -0.4 is 0 Å². The van der Waals surface area contributed by atoms with Crippen LogP contribution in [-0.2, 0) is 0 Å². The van der Waals surface area contributed by atoms with E-state index in [0.717, 1.165) is 0 Å². The van der Waals surface area contributed by atoms with E-state index in [2.05, 4.69) is 6.58 Å². The summed E-state index contributed by atoms with van der Waals surface area (Å²) in [6, 6.07) is 0. The van der Waals surface area contributed by atoms with Crippen LogP contribution in [0.15, 0.2) is 12.7 Å². The third-order valence-corrected chi connectivity index (χ3v) is 2.48. The second-order valence-electron chi connectivity index (χ2n) is 3.12. The van der Waals surface area contributed by atoms with Gasteiger partial charge >= 0.3 is 23.7 Å². The molecule has 0 heterocycles. The Morgan fingerprint density at radius 2 is 1.29 bits per heavy atom. The van der Waals surface area contributed by atoms with E-state index in [4.69, 9.17) is 0 Å². The molecule has 9 heteroatoms. The molecule has 0 aromatic heterocycles. The quantitative estimate of drug-likeness (QED) is 0.274. The molecule has 0 aliphatic rings. The van der Waals surface area contributed by atoms with E-state index in [9.17, 15) is 35.1 Å². The highest BCUT2D eigenvalue weighted by Gasteiger charge is 2.79. The Morgan fingerprint density at radius 3 is 1.59 bits per heavy atom. The molecule has 0 spiro atoms. The first-order valence-electron chi connectivity index (χ1n) is 4.08. The summed E-state index contributed by atoms with van der Waals surface area (Å²) in [7, 11) is 0. The summed E-state index contributed by atoms with van der Waals surface area (Å²) in [6.07, 6.45) is -2.41. The van der Waals surface area contributed by atoms with Gasteiger partial charge in [0.25, 0.3) is 0 Å². The molecule has 0 aliphatic carbocycles. The van der Waals surface area contributed by atoms with Crippen LogP contribution >= 0.6 is 22.6 Å². The summed E-state index contributed by atoms with van der Waals surface area (Å²) in [4.78, 5) is 0. The molecule has 0 fully saturated rings. The third-order valence-electron chi connectivity index (χ3n) is 1.94. The lowest BCUT2D eigenvalue weighted by Crippen LogP contribution is -2.61. The van der Waals surface area contributed by atoms with E-state index < -0.39 is 40.6 Å². The molecule has 0 rings (SSSR count). The largest absolute Gasteiger partial charge is 0.381 e. The molecule has 0 saturated heterocycles. The zero-order valence-corrected chi connectivity index (χ0v) is 10.3. The molecule has 0 unspecified atom stereocenters. The highest BCUT2D eigenvalue weighted by Crippen LogP contribution is 2.53. The molecule has 0 radical (unpaired) electrons. The van der Waals surface area contributed by atoms with Crippen LogP contribution in [0.2, 0.25) is 0 Å². The Morgan fingerprint density at radius 1 is 0.882 bits per heavy atom. The highest BCUT2D eigenvalue weighted by molar-refractivity contribution is 14.1. The van der Waals surface area contributed by atoms with Gasteiger partial charge < -0.3 is 0 Å². The molecular formula is C8H7F8I. The fraction of sp³-hybridized carbons (Fsp3) is 0.750. The van der Waals surface area contributed by atoms with Gasteiger partial charge in [-0.05, 0) is 6.08 Å². The molecule has 0 aromatic rings. The highest BCUT2D eigenvalue weighted by atomic mass is 127. The molecule has 0 aliphatic heterocycles. The number of allylic oxidation sites excluding steroid dienone is 1. The first kappa shape index (κ1) is 16.9. The van der Waals surface area contributed by atoms with Gasteiger partial charge in [-0.15, -0.1) is 0 Å². The smallest absolute Gasteiger partial charge is 0.200 e. The minimum Gasteiger partial charge on any atom is -0.200 e. The zero-order chi connectivity index (χ0) is 14.1. The summed E-state index contributed by atoms with van der Waals surface area (Å²) >= 11 is 1.25. The van der Waals surface area contributed by atoms with Gasteiger partial charge in [-0.25, -0.2) is 0 Å². The molecule has 0 amide bonds. The Hall–Kier alpha value is -0.0900. The molecule has 0 saturated carbocycles. The Kier molecular flexibility index (Phi) is 4.86. The van der Waals surface area contributed by atoms with Crippen molar-refractivity contribution in [3.05, 3.63) is 12.7 Å². The average molecular weight is 382 g/mol. The first-order chi connectivity index (χ1) is 7.37. The standard InChI is InChI=1S/C8H7F8I/c1-2-5(9,10)7(13,14)8(15,16)6(11,12)3-4-17/h2H,1,3-4H2. The molecule has 102 valence electrons. The van der Waals surface area contributed by atoms with Gasteiger partial charge in [-0.1, -0.05) is 29.2 Å². The normalized spacial score (nSPS) is 14.9. The van der Waals surface area contributed by atoms with Crippen molar-refractivity contribution in [2.45, 2.75) is 30.1 Å². The Labute approximate surface area is 105 Å². The molecule has 17 heavy (non-hydrogen) atoms. The predicted octanol–water partition coefficient (Wildman–Crippen LogP) is 4.54. The number of alkyl halides is 9. The summed E-state index contributed by atoms with van der Waals surface area (Å²) in [5, 5.41) is 0. The summed E-state index contributed by atoms with van der Waals surface area (Å²) in [5.74, 6) is -23.0. The van der Waals surface area contributed by atoms with E-state index in [1.165, 1.54) is 22.6 Å². The number of halogens is 9. The summed E-state index contributed by atoms with van der Waals surface area (Å²) < 4.78 is 101. The number of rotatable bonds is 6. The second-order valence-corrected chi connectivity index (χ2v) is 4.20. The molecule has 0 aromatic carbocycles. The lowest BCUT2D eigenvalue weighted by Gasteiger charge is -2.35. The minimum atomic E-state index is -6.21. The van der Waals surface area contributed by atoms with Crippen molar-refractivity contribution in [3.63, 3.8) is 0 Å². The minimum absolute atomic E-state index is 0.587. The van der Waals surface area contributed by atoms with Crippen LogP contribution in [0, 0.1) is 0 Å². The monoisotopic (exact) mass is 382 g/mol. The average Bonchev–Trinajstić information content (AvgIpc) is 2.16. The van der Waals surface area contributed by atoms with Crippen molar-refractivity contribution in [3.8, 4) is 0 Å².